The molecule has 0 fully saturated rings. The SMILES string of the molecule is CCOC(COC(=O)c1cccc(Cl)c1)OCC. The van der Waals surface area contributed by atoms with Gasteiger partial charge < -0.3 is 14.2 Å². The zero-order valence-electron chi connectivity index (χ0n) is 10.5. The van der Waals surface area contributed by atoms with Crippen molar-refractivity contribution in [2.75, 3.05) is 19.8 Å². The summed E-state index contributed by atoms with van der Waals surface area (Å²) in [7, 11) is 0. The fraction of sp³-hybridized carbons (Fsp3) is 0.462. The topological polar surface area (TPSA) is 44.8 Å². The summed E-state index contributed by atoms with van der Waals surface area (Å²) in [6, 6.07) is 6.59. The molecule has 1 aromatic carbocycles. The fourth-order valence-corrected chi connectivity index (χ4v) is 1.55. The molecule has 18 heavy (non-hydrogen) atoms. The molecule has 0 aliphatic heterocycles. The highest BCUT2D eigenvalue weighted by Gasteiger charge is 2.13. The van der Waals surface area contributed by atoms with Crippen molar-refractivity contribution >= 4 is 17.6 Å². The first-order valence-electron chi connectivity index (χ1n) is 5.83. The van der Waals surface area contributed by atoms with Gasteiger partial charge >= 0.3 is 5.97 Å². The van der Waals surface area contributed by atoms with Gasteiger partial charge in [-0.2, -0.15) is 0 Å². The lowest BCUT2D eigenvalue weighted by Crippen LogP contribution is -2.25. The monoisotopic (exact) mass is 272 g/mol. The van der Waals surface area contributed by atoms with Gasteiger partial charge in [0, 0.05) is 18.2 Å². The summed E-state index contributed by atoms with van der Waals surface area (Å²) >= 11 is 5.79. The van der Waals surface area contributed by atoms with E-state index in [9.17, 15) is 4.79 Å². The van der Waals surface area contributed by atoms with Crippen molar-refractivity contribution in [1.29, 1.82) is 0 Å². The van der Waals surface area contributed by atoms with Crippen LogP contribution in [0, 0.1) is 0 Å². The molecule has 100 valence electrons. The highest BCUT2D eigenvalue weighted by molar-refractivity contribution is 6.30. The Balaban J connectivity index is 2.49. The predicted octanol–water partition coefficient (Wildman–Crippen LogP) is 2.90. The summed E-state index contributed by atoms with van der Waals surface area (Å²) in [4.78, 5) is 11.7. The quantitative estimate of drug-likeness (QED) is 0.565. The van der Waals surface area contributed by atoms with Gasteiger partial charge in [-0.15, -0.1) is 0 Å². The second-order valence-electron chi connectivity index (χ2n) is 3.45. The van der Waals surface area contributed by atoms with Gasteiger partial charge in [-0.05, 0) is 32.0 Å². The average molecular weight is 273 g/mol. The van der Waals surface area contributed by atoms with Crippen LogP contribution in [-0.4, -0.2) is 32.1 Å². The van der Waals surface area contributed by atoms with E-state index in [2.05, 4.69) is 0 Å². The molecule has 5 heteroatoms. The Bertz CT molecular complexity index is 375. The number of rotatable bonds is 7. The zero-order valence-corrected chi connectivity index (χ0v) is 11.3. The lowest BCUT2D eigenvalue weighted by Gasteiger charge is -2.16. The molecule has 0 unspecified atom stereocenters. The van der Waals surface area contributed by atoms with E-state index in [1.54, 1.807) is 24.3 Å². The second-order valence-corrected chi connectivity index (χ2v) is 3.89. The molecule has 0 heterocycles. The van der Waals surface area contributed by atoms with Crippen molar-refractivity contribution in [3.8, 4) is 0 Å². The smallest absolute Gasteiger partial charge is 0.338 e. The predicted molar refractivity (Wildman–Crippen MR) is 68.8 cm³/mol. The van der Waals surface area contributed by atoms with Crippen LogP contribution in [0.3, 0.4) is 0 Å². The number of halogens is 1. The van der Waals surface area contributed by atoms with Crippen molar-refractivity contribution in [2.45, 2.75) is 20.1 Å². The van der Waals surface area contributed by atoms with E-state index in [0.29, 0.717) is 23.8 Å². The summed E-state index contributed by atoms with van der Waals surface area (Å²) in [6.45, 7) is 4.77. The van der Waals surface area contributed by atoms with E-state index in [4.69, 9.17) is 25.8 Å². The summed E-state index contributed by atoms with van der Waals surface area (Å²) in [5.41, 5.74) is 0.411. The van der Waals surface area contributed by atoms with E-state index in [0.717, 1.165) is 0 Å². The minimum absolute atomic E-state index is 0.0625. The van der Waals surface area contributed by atoms with Crippen molar-refractivity contribution < 1.29 is 19.0 Å². The molecule has 0 N–H and O–H groups in total. The summed E-state index contributed by atoms with van der Waals surface area (Å²) in [5.74, 6) is -0.443. The molecular weight excluding hydrogens is 256 g/mol. The standard InChI is InChI=1S/C13H17ClO4/c1-3-16-12(17-4-2)9-18-13(15)10-6-5-7-11(14)8-10/h5-8,12H,3-4,9H2,1-2H3. The third kappa shape index (κ3) is 5.04. The van der Waals surface area contributed by atoms with Crippen molar-refractivity contribution in [3.63, 3.8) is 0 Å². The van der Waals surface area contributed by atoms with Crippen LogP contribution in [0.4, 0.5) is 0 Å². The number of hydrogen-bond acceptors (Lipinski definition) is 4. The molecule has 0 bridgehead atoms. The maximum Gasteiger partial charge on any atom is 0.338 e. The summed E-state index contributed by atoms with van der Waals surface area (Å²) in [6.07, 6.45) is -0.525. The van der Waals surface area contributed by atoms with Gasteiger partial charge in [0.15, 0.2) is 6.29 Å². The normalized spacial score (nSPS) is 10.7. The molecular formula is C13H17ClO4. The Labute approximate surface area is 112 Å². The summed E-state index contributed by atoms with van der Waals surface area (Å²) < 4.78 is 15.6. The number of hydrogen-bond donors (Lipinski definition) is 0. The van der Waals surface area contributed by atoms with Crippen LogP contribution in [0.15, 0.2) is 24.3 Å². The van der Waals surface area contributed by atoms with Gasteiger partial charge in [-0.3, -0.25) is 0 Å². The largest absolute Gasteiger partial charge is 0.457 e. The highest BCUT2D eigenvalue weighted by Crippen LogP contribution is 2.12. The fourth-order valence-electron chi connectivity index (χ4n) is 1.36. The lowest BCUT2D eigenvalue weighted by atomic mass is 10.2. The number of ether oxygens (including phenoxy) is 3. The minimum atomic E-state index is -0.525. The Morgan fingerprint density at radius 2 is 1.94 bits per heavy atom. The van der Waals surface area contributed by atoms with Gasteiger partial charge in [0.2, 0.25) is 0 Å². The van der Waals surface area contributed by atoms with Crippen LogP contribution in [0.1, 0.15) is 24.2 Å². The Morgan fingerprint density at radius 3 is 2.50 bits per heavy atom. The number of carbonyl (C=O) groups excluding carboxylic acids is 1. The van der Waals surface area contributed by atoms with Crippen LogP contribution in [0.25, 0.3) is 0 Å². The minimum Gasteiger partial charge on any atom is -0.457 e. The number of benzene rings is 1. The molecule has 0 aliphatic rings. The molecule has 0 radical (unpaired) electrons. The van der Waals surface area contributed by atoms with E-state index < -0.39 is 12.3 Å². The third-order valence-corrected chi connectivity index (χ3v) is 2.35. The van der Waals surface area contributed by atoms with E-state index in [-0.39, 0.29) is 6.61 Å². The van der Waals surface area contributed by atoms with Crippen LogP contribution < -0.4 is 0 Å². The van der Waals surface area contributed by atoms with Gasteiger partial charge in [0.05, 0.1) is 5.56 Å². The Hall–Kier alpha value is -1.10. The highest BCUT2D eigenvalue weighted by atomic mass is 35.5. The first-order valence-corrected chi connectivity index (χ1v) is 6.21. The maximum atomic E-state index is 11.7. The van der Waals surface area contributed by atoms with Crippen molar-refractivity contribution in [2.24, 2.45) is 0 Å². The number of carbonyl (C=O) groups is 1. The molecule has 0 atom stereocenters. The van der Waals surface area contributed by atoms with Crippen LogP contribution in [-0.2, 0) is 14.2 Å². The van der Waals surface area contributed by atoms with E-state index in [1.807, 2.05) is 13.8 Å². The van der Waals surface area contributed by atoms with Gasteiger partial charge in [-0.1, -0.05) is 17.7 Å². The van der Waals surface area contributed by atoms with Gasteiger partial charge in [0.1, 0.15) is 6.61 Å². The molecule has 1 aromatic rings. The first kappa shape index (κ1) is 15.0. The first-order chi connectivity index (χ1) is 8.67. The molecule has 4 nitrogen and oxygen atoms in total. The zero-order chi connectivity index (χ0) is 13.4. The molecule has 0 aliphatic carbocycles. The van der Waals surface area contributed by atoms with Gasteiger partial charge in [0.25, 0.3) is 0 Å². The van der Waals surface area contributed by atoms with Crippen LogP contribution in [0.2, 0.25) is 5.02 Å². The van der Waals surface area contributed by atoms with Crippen molar-refractivity contribution in [3.05, 3.63) is 34.9 Å². The lowest BCUT2D eigenvalue weighted by molar-refractivity contribution is -0.158. The third-order valence-electron chi connectivity index (χ3n) is 2.12. The molecule has 0 aromatic heterocycles. The molecule has 0 saturated carbocycles. The molecule has 0 spiro atoms. The number of esters is 1. The second kappa shape index (κ2) is 8.08. The maximum absolute atomic E-state index is 11.7. The molecule has 0 amide bonds. The Morgan fingerprint density at radius 1 is 1.28 bits per heavy atom. The molecule has 0 saturated heterocycles. The van der Waals surface area contributed by atoms with Crippen molar-refractivity contribution in [1.82, 2.24) is 0 Å². The van der Waals surface area contributed by atoms with E-state index >= 15 is 0 Å². The molecule has 1 rings (SSSR count). The van der Waals surface area contributed by atoms with Crippen LogP contribution >= 0.6 is 11.6 Å². The summed E-state index contributed by atoms with van der Waals surface area (Å²) in [5, 5.41) is 0.496. The van der Waals surface area contributed by atoms with Crippen LogP contribution in [0.5, 0.6) is 0 Å². The Kier molecular flexibility index (Phi) is 6.72. The average Bonchev–Trinajstić information content (AvgIpc) is 2.36. The van der Waals surface area contributed by atoms with Gasteiger partial charge in [-0.25, -0.2) is 4.79 Å². The van der Waals surface area contributed by atoms with E-state index in [1.165, 1.54) is 0 Å².